The first-order valence-corrected chi connectivity index (χ1v) is 6.52. The molecule has 18 heavy (non-hydrogen) atoms. The summed E-state index contributed by atoms with van der Waals surface area (Å²) in [6.07, 6.45) is 0. The van der Waals surface area contributed by atoms with E-state index in [9.17, 15) is 0 Å². The Balaban J connectivity index is 2.21. The summed E-state index contributed by atoms with van der Waals surface area (Å²) in [7, 11) is 1.93. The number of likely N-dealkylation sites (N-methyl/N-ethyl adjacent to an activating group) is 1. The fourth-order valence-corrected chi connectivity index (χ4v) is 1.96. The summed E-state index contributed by atoms with van der Waals surface area (Å²) in [5.74, 6) is 1.51. The third-order valence-corrected chi connectivity index (χ3v) is 3.12. The molecule has 0 saturated carbocycles. The summed E-state index contributed by atoms with van der Waals surface area (Å²) in [6.45, 7) is 6.00. The van der Waals surface area contributed by atoms with E-state index in [2.05, 4.69) is 49.5 Å². The van der Waals surface area contributed by atoms with E-state index in [1.165, 1.54) is 16.3 Å². The Hall–Kier alpha value is -1.54. The van der Waals surface area contributed by atoms with E-state index in [4.69, 9.17) is 4.74 Å². The maximum Gasteiger partial charge on any atom is 0.120 e. The third-order valence-electron chi connectivity index (χ3n) is 3.12. The Morgan fingerprint density at radius 3 is 2.50 bits per heavy atom. The summed E-state index contributed by atoms with van der Waals surface area (Å²) in [6, 6.07) is 12.9. The standard InChI is InChI=1S/C16H21NO/c1-12(2)13-4-5-15-11-16(18-9-8-17-3)7-6-14(15)10-13/h4-7,10-12,17H,8-9H2,1-3H3. The zero-order chi connectivity index (χ0) is 13.0. The molecule has 2 heteroatoms. The van der Waals surface area contributed by atoms with E-state index < -0.39 is 0 Å². The molecule has 0 radical (unpaired) electrons. The molecular weight excluding hydrogens is 222 g/mol. The zero-order valence-electron chi connectivity index (χ0n) is 11.4. The van der Waals surface area contributed by atoms with E-state index in [0.717, 1.165) is 12.3 Å². The van der Waals surface area contributed by atoms with Crippen LogP contribution in [0.15, 0.2) is 36.4 Å². The number of hydrogen-bond acceptors (Lipinski definition) is 2. The first-order chi connectivity index (χ1) is 8.70. The van der Waals surface area contributed by atoms with E-state index >= 15 is 0 Å². The molecule has 0 bridgehead atoms. The average molecular weight is 243 g/mol. The minimum Gasteiger partial charge on any atom is -0.492 e. The highest BCUT2D eigenvalue weighted by atomic mass is 16.5. The van der Waals surface area contributed by atoms with Gasteiger partial charge in [0, 0.05) is 6.54 Å². The Labute approximate surface area is 109 Å². The van der Waals surface area contributed by atoms with Gasteiger partial charge in [-0.25, -0.2) is 0 Å². The van der Waals surface area contributed by atoms with Gasteiger partial charge >= 0.3 is 0 Å². The van der Waals surface area contributed by atoms with Gasteiger partial charge in [0.2, 0.25) is 0 Å². The van der Waals surface area contributed by atoms with Gasteiger partial charge in [-0.2, -0.15) is 0 Å². The van der Waals surface area contributed by atoms with Crippen LogP contribution in [0.25, 0.3) is 10.8 Å². The Morgan fingerprint density at radius 2 is 1.78 bits per heavy atom. The highest BCUT2D eigenvalue weighted by molar-refractivity contribution is 5.84. The summed E-state index contributed by atoms with van der Waals surface area (Å²) in [4.78, 5) is 0. The lowest BCUT2D eigenvalue weighted by Crippen LogP contribution is -2.15. The summed E-state index contributed by atoms with van der Waals surface area (Å²) in [5.41, 5.74) is 1.38. The lowest BCUT2D eigenvalue weighted by atomic mass is 9.99. The maximum absolute atomic E-state index is 5.67. The molecule has 0 heterocycles. The highest BCUT2D eigenvalue weighted by Crippen LogP contribution is 2.24. The number of rotatable bonds is 5. The minimum absolute atomic E-state index is 0.570. The quantitative estimate of drug-likeness (QED) is 0.811. The number of nitrogens with one attached hydrogen (secondary N) is 1. The van der Waals surface area contributed by atoms with Crippen LogP contribution in [0, 0.1) is 0 Å². The normalized spacial score (nSPS) is 11.1. The van der Waals surface area contributed by atoms with Crippen LogP contribution in [0.2, 0.25) is 0 Å². The molecule has 0 unspecified atom stereocenters. The zero-order valence-corrected chi connectivity index (χ0v) is 11.4. The number of benzene rings is 2. The molecule has 96 valence electrons. The molecule has 0 amide bonds. The van der Waals surface area contributed by atoms with Crippen molar-refractivity contribution in [3.8, 4) is 5.75 Å². The predicted octanol–water partition coefficient (Wildman–Crippen LogP) is 3.56. The first kappa shape index (κ1) is 12.9. The second-order valence-corrected chi connectivity index (χ2v) is 4.88. The van der Waals surface area contributed by atoms with Crippen molar-refractivity contribution in [3.63, 3.8) is 0 Å². The maximum atomic E-state index is 5.67. The molecule has 1 N–H and O–H groups in total. The monoisotopic (exact) mass is 243 g/mol. The van der Waals surface area contributed by atoms with E-state index in [1.807, 2.05) is 13.1 Å². The van der Waals surface area contributed by atoms with Crippen LogP contribution in [-0.4, -0.2) is 20.2 Å². The third kappa shape index (κ3) is 3.02. The molecule has 2 aromatic rings. The molecule has 2 aromatic carbocycles. The second-order valence-electron chi connectivity index (χ2n) is 4.88. The largest absolute Gasteiger partial charge is 0.492 e. The van der Waals surface area contributed by atoms with Crippen molar-refractivity contribution in [2.75, 3.05) is 20.2 Å². The molecule has 0 spiro atoms. The topological polar surface area (TPSA) is 21.3 Å². The van der Waals surface area contributed by atoms with E-state index in [-0.39, 0.29) is 0 Å². The van der Waals surface area contributed by atoms with Gasteiger partial charge in [0.15, 0.2) is 0 Å². The number of fused-ring (bicyclic) bond motifs is 1. The van der Waals surface area contributed by atoms with Crippen molar-refractivity contribution >= 4 is 10.8 Å². The Bertz CT molecular complexity index is 519. The summed E-state index contributed by atoms with van der Waals surface area (Å²) >= 11 is 0. The highest BCUT2D eigenvalue weighted by Gasteiger charge is 2.02. The SMILES string of the molecule is CNCCOc1ccc2cc(C(C)C)ccc2c1. The molecule has 0 saturated heterocycles. The van der Waals surface area contributed by atoms with Gasteiger partial charge in [-0.3, -0.25) is 0 Å². The van der Waals surface area contributed by atoms with Crippen LogP contribution >= 0.6 is 0 Å². The molecule has 0 atom stereocenters. The number of ether oxygens (including phenoxy) is 1. The van der Waals surface area contributed by atoms with Gasteiger partial charge < -0.3 is 10.1 Å². The van der Waals surface area contributed by atoms with Crippen LogP contribution < -0.4 is 10.1 Å². The molecule has 0 aliphatic rings. The first-order valence-electron chi connectivity index (χ1n) is 6.52. The van der Waals surface area contributed by atoms with Crippen molar-refractivity contribution in [2.24, 2.45) is 0 Å². The fraction of sp³-hybridized carbons (Fsp3) is 0.375. The minimum atomic E-state index is 0.570. The smallest absolute Gasteiger partial charge is 0.120 e. The fourth-order valence-electron chi connectivity index (χ4n) is 1.96. The van der Waals surface area contributed by atoms with Crippen molar-refractivity contribution in [1.29, 1.82) is 0 Å². The van der Waals surface area contributed by atoms with Gasteiger partial charge in [-0.05, 0) is 41.4 Å². The molecule has 0 aliphatic heterocycles. The van der Waals surface area contributed by atoms with Gasteiger partial charge in [0.05, 0.1) is 0 Å². The molecular formula is C16H21NO. The van der Waals surface area contributed by atoms with Gasteiger partial charge in [0.1, 0.15) is 12.4 Å². The van der Waals surface area contributed by atoms with Crippen LogP contribution in [0.4, 0.5) is 0 Å². The van der Waals surface area contributed by atoms with Crippen LogP contribution in [0.3, 0.4) is 0 Å². The molecule has 0 aromatic heterocycles. The molecule has 0 fully saturated rings. The van der Waals surface area contributed by atoms with Crippen molar-refractivity contribution in [2.45, 2.75) is 19.8 Å². The van der Waals surface area contributed by atoms with Crippen LogP contribution in [0.1, 0.15) is 25.3 Å². The van der Waals surface area contributed by atoms with Gasteiger partial charge in [0.25, 0.3) is 0 Å². The predicted molar refractivity (Wildman–Crippen MR) is 77.5 cm³/mol. The van der Waals surface area contributed by atoms with E-state index in [1.54, 1.807) is 0 Å². The van der Waals surface area contributed by atoms with E-state index in [0.29, 0.717) is 12.5 Å². The van der Waals surface area contributed by atoms with Crippen molar-refractivity contribution in [3.05, 3.63) is 42.0 Å². The Kier molecular flexibility index (Phi) is 4.21. The molecule has 2 rings (SSSR count). The van der Waals surface area contributed by atoms with Crippen LogP contribution in [-0.2, 0) is 0 Å². The average Bonchev–Trinajstić information content (AvgIpc) is 2.38. The summed E-state index contributed by atoms with van der Waals surface area (Å²) < 4.78 is 5.67. The van der Waals surface area contributed by atoms with Crippen LogP contribution in [0.5, 0.6) is 5.75 Å². The number of hydrogen-bond donors (Lipinski definition) is 1. The lowest BCUT2D eigenvalue weighted by molar-refractivity contribution is 0.319. The molecule has 2 nitrogen and oxygen atoms in total. The van der Waals surface area contributed by atoms with Gasteiger partial charge in [-0.1, -0.05) is 38.1 Å². The lowest BCUT2D eigenvalue weighted by Gasteiger charge is -2.09. The van der Waals surface area contributed by atoms with Crippen molar-refractivity contribution < 1.29 is 4.74 Å². The van der Waals surface area contributed by atoms with Gasteiger partial charge in [-0.15, -0.1) is 0 Å². The second kappa shape index (κ2) is 5.87. The summed E-state index contributed by atoms with van der Waals surface area (Å²) in [5, 5.41) is 5.59. The molecule has 0 aliphatic carbocycles. The Morgan fingerprint density at radius 1 is 1.06 bits per heavy atom. The van der Waals surface area contributed by atoms with Crippen molar-refractivity contribution in [1.82, 2.24) is 5.32 Å².